The number of benzene rings is 2. The molecular weight excluding hydrogens is 453 g/mol. The second-order valence-electron chi connectivity index (χ2n) is 7.64. The first-order chi connectivity index (χ1) is 15.9. The lowest BCUT2D eigenvalue weighted by molar-refractivity contribution is 0.103. The molecule has 4 rings (SSSR count). The van der Waals surface area contributed by atoms with Crippen LogP contribution < -0.4 is 5.32 Å². The summed E-state index contributed by atoms with van der Waals surface area (Å²) < 4.78 is 13.8. The number of nitriles is 1. The van der Waals surface area contributed by atoms with Gasteiger partial charge in [-0.15, -0.1) is 11.3 Å². The van der Waals surface area contributed by atoms with E-state index in [0.717, 1.165) is 20.2 Å². The molecule has 2 aromatic heterocycles. The van der Waals surface area contributed by atoms with Crippen molar-refractivity contribution in [1.82, 2.24) is 4.98 Å². The number of nitrogens with one attached hydrogen (secondary N) is 1. The van der Waals surface area contributed by atoms with E-state index in [-0.39, 0.29) is 11.7 Å². The summed E-state index contributed by atoms with van der Waals surface area (Å²) in [6.07, 6.45) is 3.59. The van der Waals surface area contributed by atoms with Crippen LogP contribution in [0.2, 0.25) is 0 Å². The number of amides is 1. The topological polar surface area (TPSA) is 65.8 Å². The number of rotatable bonds is 6. The van der Waals surface area contributed by atoms with Crippen LogP contribution in [0.5, 0.6) is 0 Å². The van der Waals surface area contributed by atoms with Gasteiger partial charge in [-0.25, -0.2) is 4.39 Å². The predicted octanol–water partition coefficient (Wildman–Crippen LogP) is 7.35. The van der Waals surface area contributed by atoms with Crippen molar-refractivity contribution in [2.45, 2.75) is 28.9 Å². The highest BCUT2D eigenvalue weighted by Gasteiger charge is 2.17. The van der Waals surface area contributed by atoms with Crippen LogP contribution in [0.1, 0.15) is 40.6 Å². The number of aromatic nitrogens is 1. The minimum atomic E-state index is -0.374. The summed E-state index contributed by atoms with van der Waals surface area (Å²) in [6, 6.07) is 19.6. The Hall–Kier alpha value is -3.47. The second-order valence-corrected chi connectivity index (χ2v) is 10.0. The van der Waals surface area contributed by atoms with Gasteiger partial charge in [0.2, 0.25) is 0 Å². The van der Waals surface area contributed by atoms with Crippen LogP contribution in [-0.2, 0) is 0 Å². The molecule has 0 aliphatic carbocycles. The fraction of sp³-hybridized carbons (Fsp3) is 0.115. The lowest BCUT2D eigenvalue weighted by atomic mass is 9.93. The van der Waals surface area contributed by atoms with Crippen molar-refractivity contribution in [1.29, 1.82) is 5.26 Å². The largest absolute Gasteiger partial charge is 0.321 e. The van der Waals surface area contributed by atoms with E-state index in [1.165, 1.54) is 52.9 Å². The van der Waals surface area contributed by atoms with E-state index in [1.54, 1.807) is 12.3 Å². The van der Waals surface area contributed by atoms with Crippen LogP contribution in [0.25, 0.3) is 11.1 Å². The molecule has 0 saturated carbocycles. The summed E-state index contributed by atoms with van der Waals surface area (Å²) in [4.78, 5) is 18.4. The van der Waals surface area contributed by atoms with E-state index in [1.807, 2.05) is 18.3 Å². The standard InChI is InChI=1S/C26H20FN3OS2/c1-16(2)22-5-3-4-6-23(22)18-11-21(15-29-14-18)32-26-17(13-28)12-24(33-26)25(31)30-20-9-7-19(27)8-10-20/h3-12,14-16H,1-2H3,(H,30,31). The molecule has 4 nitrogen and oxygen atoms in total. The van der Waals surface area contributed by atoms with Gasteiger partial charge in [-0.1, -0.05) is 49.9 Å². The molecule has 1 amide bonds. The third kappa shape index (κ3) is 5.30. The van der Waals surface area contributed by atoms with E-state index in [4.69, 9.17) is 0 Å². The van der Waals surface area contributed by atoms with E-state index >= 15 is 0 Å². The molecule has 164 valence electrons. The highest BCUT2D eigenvalue weighted by molar-refractivity contribution is 8.01. The Morgan fingerprint density at radius 2 is 1.88 bits per heavy atom. The molecule has 7 heteroatoms. The average molecular weight is 474 g/mol. The maximum absolute atomic E-state index is 13.1. The zero-order valence-corrected chi connectivity index (χ0v) is 19.6. The first-order valence-corrected chi connectivity index (χ1v) is 11.9. The van der Waals surface area contributed by atoms with Gasteiger partial charge in [-0.3, -0.25) is 9.78 Å². The fourth-order valence-electron chi connectivity index (χ4n) is 3.36. The minimum absolute atomic E-state index is 0.340. The number of pyridine rings is 1. The number of hydrogen-bond acceptors (Lipinski definition) is 5. The molecule has 0 radical (unpaired) electrons. The van der Waals surface area contributed by atoms with E-state index in [0.29, 0.717) is 22.0 Å². The highest BCUT2D eigenvalue weighted by atomic mass is 32.2. The number of carbonyl (C=O) groups is 1. The highest BCUT2D eigenvalue weighted by Crippen LogP contribution is 2.38. The van der Waals surface area contributed by atoms with Crippen molar-refractivity contribution >= 4 is 34.7 Å². The number of anilines is 1. The van der Waals surface area contributed by atoms with Crippen LogP contribution in [0.3, 0.4) is 0 Å². The Labute approximate surface area is 200 Å². The van der Waals surface area contributed by atoms with Crippen LogP contribution in [0.15, 0.2) is 82.2 Å². The predicted molar refractivity (Wildman–Crippen MR) is 131 cm³/mol. The average Bonchev–Trinajstić information content (AvgIpc) is 3.23. The van der Waals surface area contributed by atoms with Gasteiger partial charge in [-0.05, 0) is 53.4 Å². The Kier molecular flexibility index (Phi) is 6.87. The molecule has 0 fully saturated rings. The van der Waals surface area contributed by atoms with Crippen molar-refractivity contribution in [3.63, 3.8) is 0 Å². The molecule has 2 heterocycles. The molecule has 0 bridgehead atoms. The lowest BCUT2D eigenvalue weighted by Gasteiger charge is -2.13. The van der Waals surface area contributed by atoms with Crippen LogP contribution in [-0.4, -0.2) is 10.9 Å². The fourth-order valence-corrected chi connectivity index (χ4v) is 5.55. The molecule has 33 heavy (non-hydrogen) atoms. The van der Waals surface area contributed by atoms with Crippen molar-refractivity contribution in [3.8, 4) is 17.2 Å². The van der Waals surface area contributed by atoms with Gasteiger partial charge in [-0.2, -0.15) is 5.26 Å². The molecule has 0 spiro atoms. The zero-order valence-electron chi connectivity index (χ0n) is 18.0. The van der Waals surface area contributed by atoms with E-state index in [2.05, 4.69) is 48.4 Å². The van der Waals surface area contributed by atoms with Crippen molar-refractivity contribution in [2.75, 3.05) is 5.32 Å². The van der Waals surface area contributed by atoms with E-state index in [9.17, 15) is 14.4 Å². The van der Waals surface area contributed by atoms with Gasteiger partial charge in [0.15, 0.2) is 0 Å². The maximum Gasteiger partial charge on any atom is 0.265 e. The Bertz CT molecular complexity index is 1340. The maximum atomic E-state index is 13.1. The summed E-state index contributed by atoms with van der Waals surface area (Å²) >= 11 is 2.66. The molecule has 0 aliphatic rings. The van der Waals surface area contributed by atoms with Crippen molar-refractivity contribution in [2.24, 2.45) is 0 Å². The molecule has 2 aromatic carbocycles. The summed E-state index contributed by atoms with van der Waals surface area (Å²) in [5.41, 5.74) is 4.31. The van der Waals surface area contributed by atoms with Crippen LogP contribution >= 0.6 is 23.1 Å². The first kappa shape index (κ1) is 22.7. The third-order valence-electron chi connectivity index (χ3n) is 4.96. The van der Waals surface area contributed by atoms with Crippen LogP contribution in [0.4, 0.5) is 10.1 Å². The Morgan fingerprint density at radius 3 is 2.61 bits per heavy atom. The van der Waals surface area contributed by atoms with Gasteiger partial charge < -0.3 is 5.32 Å². The summed E-state index contributed by atoms with van der Waals surface area (Å²) in [7, 11) is 0. The molecule has 0 atom stereocenters. The van der Waals surface area contributed by atoms with Crippen molar-refractivity contribution in [3.05, 3.63) is 94.9 Å². The quantitative estimate of drug-likeness (QED) is 0.318. The Balaban J connectivity index is 1.58. The molecule has 0 saturated heterocycles. The third-order valence-corrected chi connectivity index (χ3v) is 7.25. The van der Waals surface area contributed by atoms with E-state index < -0.39 is 0 Å². The van der Waals surface area contributed by atoms with Gasteiger partial charge in [0.25, 0.3) is 5.91 Å². The minimum Gasteiger partial charge on any atom is -0.321 e. The van der Waals surface area contributed by atoms with Gasteiger partial charge in [0, 0.05) is 28.5 Å². The second kappa shape index (κ2) is 9.99. The lowest BCUT2D eigenvalue weighted by Crippen LogP contribution is -2.09. The summed E-state index contributed by atoms with van der Waals surface area (Å²) in [5.74, 6) is -0.337. The molecular formula is C26H20FN3OS2. The monoisotopic (exact) mass is 473 g/mol. The normalized spacial score (nSPS) is 10.8. The molecule has 0 unspecified atom stereocenters. The van der Waals surface area contributed by atoms with Gasteiger partial charge in [0.1, 0.15) is 11.9 Å². The number of carbonyl (C=O) groups excluding carboxylic acids is 1. The molecule has 4 aromatic rings. The molecule has 0 aliphatic heterocycles. The molecule has 1 N–H and O–H groups in total. The SMILES string of the molecule is CC(C)c1ccccc1-c1cncc(Sc2sc(C(=O)Nc3ccc(F)cc3)cc2C#N)c1. The number of nitrogens with zero attached hydrogens (tertiary/aromatic N) is 2. The van der Waals surface area contributed by atoms with Gasteiger partial charge >= 0.3 is 0 Å². The smallest absolute Gasteiger partial charge is 0.265 e. The van der Waals surface area contributed by atoms with Gasteiger partial charge in [0.05, 0.1) is 14.6 Å². The number of halogens is 1. The number of thiophene rings is 1. The summed E-state index contributed by atoms with van der Waals surface area (Å²) in [6.45, 7) is 4.32. The van der Waals surface area contributed by atoms with Crippen molar-refractivity contribution < 1.29 is 9.18 Å². The number of hydrogen-bond donors (Lipinski definition) is 1. The first-order valence-electron chi connectivity index (χ1n) is 10.3. The van der Waals surface area contributed by atoms with Crippen LogP contribution in [0, 0.1) is 17.1 Å². The Morgan fingerprint density at radius 1 is 1.12 bits per heavy atom. The summed E-state index contributed by atoms with van der Waals surface area (Å²) in [5, 5.41) is 12.3. The zero-order chi connectivity index (χ0) is 23.4.